The molecule has 134 valence electrons. The van der Waals surface area contributed by atoms with Crippen molar-refractivity contribution in [3.63, 3.8) is 0 Å². The highest BCUT2D eigenvalue weighted by atomic mass is 19.1. The van der Waals surface area contributed by atoms with Gasteiger partial charge in [0.05, 0.1) is 18.6 Å². The second kappa shape index (κ2) is 8.53. The average molecular weight is 340 g/mol. The largest absolute Gasteiger partial charge is 0.388 e. The van der Waals surface area contributed by atoms with Gasteiger partial charge in [0.15, 0.2) is 0 Å². The van der Waals surface area contributed by atoms with Crippen LogP contribution < -0.4 is 10.6 Å². The van der Waals surface area contributed by atoms with Gasteiger partial charge in [0.2, 0.25) is 5.91 Å². The van der Waals surface area contributed by atoms with Crippen LogP contribution in [-0.2, 0) is 16.1 Å². The van der Waals surface area contributed by atoms with Gasteiger partial charge < -0.3 is 25.6 Å². The summed E-state index contributed by atoms with van der Waals surface area (Å²) in [6, 6.07) is 6.11. The van der Waals surface area contributed by atoms with E-state index in [0.29, 0.717) is 13.1 Å². The molecule has 1 fully saturated rings. The number of hydrogen-bond donors (Lipinski definition) is 4. The average Bonchev–Trinajstić information content (AvgIpc) is 2.77. The van der Waals surface area contributed by atoms with E-state index in [0.717, 1.165) is 5.56 Å². The van der Waals surface area contributed by atoms with E-state index in [1.807, 2.05) is 13.8 Å². The van der Waals surface area contributed by atoms with E-state index < -0.39 is 24.4 Å². The van der Waals surface area contributed by atoms with Crippen molar-refractivity contribution in [2.24, 2.45) is 0 Å². The monoisotopic (exact) mass is 340 g/mol. The lowest BCUT2D eigenvalue weighted by atomic mass is 10.1. The summed E-state index contributed by atoms with van der Waals surface area (Å²) < 4.78 is 18.5. The number of ether oxygens (including phenoxy) is 1. The number of carbonyl (C=O) groups is 1. The van der Waals surface area contributed by atoms with Gasteiger partial charge in [0.25, 0.3) is 0 Å². The number of aliphatic hydroxyl groups excluding tert-OH is 2. The standard InChI is InChI=1S/C17H25FN2O4/c1-10(2)20-15(21)7-13-16(22)17(23)14(24-13)9-19-8-11-3-5-12(18)6-4-11/h3-6,10,13-14,16-17,19,22-23H,7-9H2,1-2H3,(H,20,21)/t13-,14+,16-,17+/m0/s1. The van der Waals surface area contributed by atoms with Crippen molar-refractivity contribution in [1.82, 2.24) is 10.6 Å². The molecule has 1 aromatic rings. The lowest BCUT2D eigenvalue weighted by Crippen LogP contribution is -2.38. The number of carbonyl (C=O) groups excluding carboxylic acids is 1. The van der Waals surface area contributed by atoms with E-state index in [2.05, 4.69) is 10.6 Å². The quantitative estimate of drug-likeness (QED) is 0.574. The Hall–Kier alpha value is -1.54. The molecule has 0 saturated carbocycles. The molecular formula is C17H25FN2O4. The lowest BCUT2D eigenvalue weighted by Gasteiger charge is -2.16. The number of amides is 1. The van der Waals surface area contributed by atoms with Gasteiger partial charge in [-0.05, 0) is 31.5 Å². The van der Waals surface area contributed by atoms with Crippen LogP contribution in [-0.4, -0.2) is 53.1 Å². The Morgan fingerprint density at radius 2 is 1.83 bits per heavy atom. The minimum absolute atomic E-state index is 0.00483. The SMILES string of the molecule is CC(C)NC(=O)C[C@@H]1O[C@H](CNCc2ccc(F)cc2)[C@@H](O)[C@H]1O. The van der Waals surface area contributed by atoms with Crippen molar-refractivity contribution in [2.45, 2.75) is 57.3 Å². The number of halogens is 1. The fourth-order valence-electron chi connectivity index (χ4n) is 2.69. The lowest BCUT2D eigenvalue weighted by molar-refractivity contribution is -0.125. The van der Waals surface area contributed by atoms with Crippen molar-refractivity contribution < 1.29 is 24.1 Å². The fraction of sp³-hybridized carbons (Fsp3) is 0.588. The van der Waals surface area contributed by atoms with Gasteiger partial charge in [0.1, 0.15) is 18.0 Å². The van der Waals surface area contributed by atoms with Crippen molar-refractivity contribution in [2.75, 3.05) is 6.54 Å². The van der Waals surface area contributed by atoms with Crippen LogP contribution >= 0.6 is 0 Å². The molecule has 1 saturated heterocycles. The first-order chi connectivity index (χ1) is 11.4. The van der Waals surface area contributed by atoms with E-state index in [1.54, 1.807) is 12.1 Å². The highest BCUT2D eigenvalue weighted by molar-refractivity contribution is 5.76. The van der Waals surface area contributed by atoms with Gasteiger partial charge in [-0.25, -0.2) is 4.39 Å². The second-order valence-electron chi connectivity index (χ2n) is 6.38. The van der Waals surface area contributed by atoms with Gasteiger partial charge in [-0.15, -0.1) is 0 Å². The molecule has 6 nitrogen and oxygen atoms in total. The van der Waals surface area contributed by atoms with E-state index in [4.69, 9.17) is 4.74 Å². The summed E-state index contributed by atoms with van der Waals surface area (Å²) in [4.78, 5) is 11.8. The molecule has 0 aromatic heterocycles. The van der Waals surface area contributed by atoms with Crippen molar-refractivity contribution in [3.05, 3.63) is 35.6 Å². The number of aliphatic hydroxyl groups is 2. The van der Waals surface area contributed by atoms with E-state index >= 15 is 0 Å². The Bertz CT molecular complexity index is 538. The molecule has 4 atom stereocenters. The fourth-order valence-corrected chi connectivity index (χ4v) is 2.69. The summed E-state index contributed by atoms with van der Waals surface area (Å²) >= 11 is 0. The molecule has 0 bridgehead atoms. The summed E-state index contributed by atoms with van der Waals surface area (Å²) in [5, 5.41) is 25.9. The Labute approximate surface area is 141 Å². The van der Waals surface area contributed by atoms with Crippen LogP contribution in [0.3, 0.4) is 0 Å². The van der Waals surface area contributed by atoms with E-state index in [1.165, 1.54) is 12.1 Å². The number of benzene rings is 1. The van der Waals surface area contributed by atoms with Crippen molar-refractivity contribution in [3.8, 4) is 0 Å². The van der Waals surface area contributed by atoms with E-state index in [-0.39, 0.29) is 24.2 Å². The van der Waals surface area contributed by atoms with Crippen molar-refractivity contribution >= 4 is 5.91 Å². The summed E-state index contributed by atoms with van der Waals surface area (Å²) in [7, 11) is 0. The highest BCUT2D eigenvalue weighted by Crippen LogP contribution is 2.23. The Morgan fingerprint density at radius 1 is 1.21 bits per heavy atom. The van der Waals surface area contributed by atoms with Gasteiger partial charge in [-0.1, -0.05) is 12.1 Å². The molecule has 24 heavy (non-hydrogen) atoms. The third-order valence-electron chi connectivity index (χ3n) is 3.89. The van der Waals surface area contributed by atoms with Crippen LogP contribution in [0.1, 0.15) is 25.8 Å². The summed E-state index contributed by atoms with van der Waals surface area (Å²) in [6.07, 6.45) is -3.47. The third kappa shape index (κ3) is 5.24. The minimum Gasteiger partial charge on any atom is -0.388 e. The Balaban J connectivity index is 1.79. The predicted octanol–water partition coefficient (Wildman–Crippen LogP) is 0.319. The zero-order valence-corrected chi connectivity index (χ0v) is 13.9. The number of rotatable bonds is 7. The summed E-state index contributed by atoms with van der Waals surface area (Å²) in [5.41, 5.74) is 0.900. The summed E-state index contributed by atoms with van der Waals surface area (Å²) in [6.45, 7) is 4.50. The Morgan fingerprint density at radius 3 is 2.46 bits per heavy atom. The van der Waals surface area contributed by atoms with Crippen LogP contribution in [0.25, 0.3) is 0 Å². The molecule has 0 radical (unpaired) electrons. The maximum Gasteiger partial charge on any atom is 0.222 e. The first kappa shape index (κ1) is 18.8. The van der Waals surface area contributed by atoms with Crippen LogP contribution in [0.5, 0.6) is 0 Å². The first-order valence-electron chi connectivity index (χ1n) is 8.13. The summed E-state index contributed by atoms with van der Waals surface area (Å²) in [5.74, 6) is -0.514. The smallest absolute Gasteiger partial charge is 0.222 e. The molecule has 2 rings (SSSR count). The molecule has 0 aliphatic carbocycles. The first-order valence-corrected chi connectivity index (χ1v) is 8.13. The number of nitrogens with one attached hydrogen (secondary N) is 2. The molecule has 1 heterocycles. The van der Waals surface area contributed by atoms with Crippen molar-refractivity contribution in [1.29, 1.82) is 0 Å². The predicted molar refractivity (Wildman–Crippen MR) is 86.7 cm³/mol. The molecule has 1 aliphatic rings. The van der Waals surface area contributed by atoms with Gasteiger partial charge in [0, 0.05) is 19.1 Å². The molecular weight excluding hydrogens is 315 g/mol. The molecule has 1 aromatic carbocycles. The third-order valence-corrected chi connectivity index (χ3v) is 3.89. The molecule has 4 N–H and O–H groups in total. The van der Waals surface area contributed by atoms with Gasteiger partial charge in [-0.2, -0.15) is 0 Å². The molecule has 0 unspecified atom stereocenters. The normalized spacial score (nSPS) is 26.8. The highest BCUT2D eigenvalue weighted by Gasteiger charge is 2.43. The molecule has 0 spiro atoms. The second-order valence-corrected chi connectivity index (χ2v) is 6.38. The van der Waals surface area contributed by atoms with Crippen LogP contribution in [0, 0.1) is 5.82 Å². The number of hydrogen-bond acceptors (Lipinski definition) is 5. The molecule has 1 aliphatic heterocycles. The topological polar surface area (TPSA) is 90.8 Å². The Kier molecular flexibility index (Phi) is 6.68. The maximum atomic E-state index is 12.8. The van der Waals surface area contributed by atoms with Crippen LogP contribution in [0.2, 0.25) is 0 Å². The van der Waals surface area contributed by atoms with Gasteiger partial charge >= 0.3 is 0 Å². The van der Waals surface area contributed by atoms with Crippen LogP contribution in [0.4, 0.5) is 4.39 Å². The maximum absolute atomic E-state index is 12.8. The molecule has 1 amide bonds. The van der Waals surface area contributed by atoms with Gasteiger partial charge in [-0.3, -0.25) is 4.79 Å². The minimum atomic E-state index is -1.10. The zero-order valence-electron chi connectivity index (χ0n) is 13.9. The zero-order chi connectivity index (χ0) is 17.7. The van der Waals surface area contributed by atoms with Crippen LogP contribution in [0.15, 0.2) is 24.3 Å². The molecule has 7 heteroatoms. The van der Waals surface area contributed by atoms with E-state index in [9.17, 15) is 19.4 Å².